The van der Waals surface area contributed by atoms with Crippen molar-refractivity contribution < 1.29 is 14.7 Å². The molecule has 1 aromatic heterocycles. The van der Waals surface area contributed by atoms with E-state index in [9.17, 15) is 9.59 Å². The molecule has 0 fully saturated rings. The molecule has 5 nitrogen and oxygen atoms in total. The van der Waals surface area contributed by atoms with Crippen LogP contribution in [-0.4, -0.2) is 21.6 Å². The van der Waals surface area contributed by atoms with Crippen molar-refractivity contribution in [1.82, 2.24) is 9.88 Å². The lowest BCUT2D eigenvalue weighted by Crippen LogP contribution is -2.24. The van der Waals surface area contributed by atoms with Crippen molar-refractivity contribution in [2.45, 2.75) is 6.54 Å². The standard InChI is InChI=1S/C14H13BrN2O3/c1-17-8-11(15)6-12(17)13(18)16-7-9-2-4-10(5-3-9)14(19)20/h2-6,8H,7H2,1H3,(H,16,18)(H,19,20). The van der Waals surface area contributed by atoms with Crippen LogP contribution in [0.15, 0.2) is 41.0 Å². The second-order valence-electron chi connectivity index (χ2n) is 4.34. The molecule has 1 amide bonds. The van der Waals surface area contributed by atoms with Crippen LogP contribution in [0.25, 0.3) is 0 Å². The van der Waals surface area contributed by atoms with Gasteiger partial charge >= 0.3 is 5.97 Å². The van der Waals surface area contributed by atoms with Crippen molar-refractivity contribution in [2.24, 2.45) is 7.05 Å². The second-order valence-corrected chi connectivity index (χ2v) is 5.25. The Labute approximate surface area is 124 Å². The molecule has 1 heterocycles. The highest BCUT2D eigenvalue weighted by molar-refractivity contribution is 9.10. The summed E-state index contributed by atoms with van der Waals surface area (Å²) in [6.07, 6.45) is 1.80. The number of amides is 1. The summed E-state index contributed by atoms with van der Waals surface area (Å²) < 4.78 is 2.57. The number of hydrogen-bond donors (Lipinski definition) is 2. The van der Waals surface area contributed by atoms with Crippen LogP contribution in [0.3, 0.4) is 0 Å². The Hall–Kier alpha value is -2.08. The molecule has 0 spiro atoms. The van der Waals surface area contributed by atoms with Gasteiger partial charge in [0.1, 0.15) is 5.69 Å². The molecule has 20 heavy (non-hydrogen) atoms. The molecule has 0 unspecified atom stereocenters. The number of rotatable bonds is 4. The molecule has 0 saturated carbocycles. The number of nitrogens with one attached hydrogen (secondary N) is 1. The van der Waals surface area contributed by atoms with E-state index in [1.54, 1.807) is 36.0 Å². The van der Waals surface area contributed by atoms with Gasteiger partial charge in [0, 0.05) is 24.3 Å². The number of aromatic nitrogens is 1. The number of aryl methyl sites for hydroxylation is 1. The molecule has 1 aromatic carbocycles. The van der Waals surface area contributed by atoms with Crippen LogP contribution >= 0.6 is 15.9 Å². The van der Waals surface area contributed by atoms with E-state index < -0.39 is 5.97 Å². The third-order valence-corrected chi connectivity index (χ3v) is 3.29. The Bertz CT molecular complexity index is 647. The number of benzene rings is 1. The zero-order valence-corrected chi connectivity index (χ0v) is 12.3. The molecule has 0 bridgehead atoms. The lowest BCUT2D eigenvalue weighted by molar-refractivity contribution is 0.0696. The van der Waals surface area contributed by atoms with Gasteiger partial charge in [0.15, 0.2) is 0 Å². The van der Waals surface area contributed by atoms with E-state index in [2.05, 4.69) is 21.2 Å². The van der Waals surface area contributed by atoms with Crippen LogP contribution in [0.2, 0.25) is 0 Å². The van der Waals surface area contributed by atoms with Gasteiger partial charge in [0.2, 0.25) is 0 Å². The molecule has 0 aliphatic rings. The third kappa shape index (κ3) is 3.27. The Morgan fingerprint density at radius 1 is 1.30 bits per heavy atom. The van der Waals surface area contributed by atoms with Crippen molar-refractivity contribution in [3.63, 3.8) is 0 Å². The molecule has 6 heteroatoms. The Morgan fingerprint density at radius 3 is 2.45 bits per heavy atom. The van der Waals surface area contributed by atoms with E-state index in [0.29, 0.717) is 12.2 Å². The number of carboxylic acid groups (broad SMARTS) is 1. The smallest absolute Gasteiger partial charge is 0.335 e. The summed E-state index contributed by atoms with van der Waals surface area (Å²) >= 11 is 3.31. The maximum absolute atomic E-state index is 12.0. The molecule has 104 valence electrons. The minimum Gasteiger partial charge on any atom is -0.478 e. The van der Waals surface area contributed by atoms with Gasteiger partial charge in [-0.1, -0.05) is 12.1 Å². The third-order valence-electron chi connectivity index (χ3n) is 2.86. The summed E-state index contributed by atoms with van der Waals surface area (Å²) in [7, 11) is 1.79. The topological polar surface area (TPSA) is 71.3 Å². The van der Waals surface area contributed by atoms with Crippen LogP contribution < -0.4 is 5.32 Å². The summed E-state index contributed by atoms with van der Waals surface area (Å²) in [4.78, 5) is 22.7. The van der Waals surface area contributed by atoms with E-state index in [4.69, 9.17) is 5.11 Å². The highest BCUT2D eigenvalue weighted by atomic mass is 79.9. The number of carbonyl (C=O) groups is 2. The number of aromatic carboxylic acids is 1. The van der Waals surface area contributed by atoms with Crippen LogP contribution in [0.1, 0.15) is 26.4 Å². The first-order valence-corrected chi connectivity index (χ1v) is 6.69. The van der Waals surface area contributed by atoms with Gasteiger partial charge in [-0.05, 0) is 39.7 Å². The molecule has 0 atom stereocenters. The van der Waals surface area contributed by atoms with E-state index in [-0.39, 0.29) is 11.5 Å². The molecule has 2 N–H and O–H groups in total. The largest absolute Gasteiger partial charge is 0.478 e. The minimum absolute atomic E-state index is 0.180. The van der Waals surface area contributed by atoms with Gasteiger partial charge in [-0.25, -0.2) is 4.79 Å². The zero-order valence-electron chi connectivity index (χ0n) is 10.8. The van der Waals surface area contributed by atoms with Gasteiger partial charge in [-0.2, -0.15) is 0 Å². The van der Waals surface area contributed by atoms with Crippen LogP contribution in [-0.2, 0) is 13.6 Å². The number of hydrogen-bond acceptors (Lipinski definition) is 2. The normalized spacial score (nSPS) is 10.3. The monoisotopic (exact) mass is 336 g/mol. The lowest BCUT2D eigenvalue weighted by atomic mass is 10.1. The van der Waals surface area contributed by atoms with E-state index in [0.717, 1.165) is 10.0 Å². The van der Waals surface area contributed by atoms with Crippen LogP contribution in [0.5, 0.6) is 0 Å². The molecule has 2 rings (SSSR count). The molecule has 0 radical (unpaired) electrons. The molecule has 0 saturated heterocycles. The molecular weight excluding hydrogens is 324 g/mol. The summed E-state index contributed by atoms with van der Waals surface area (Å²) in [6.45, 7) is 0.349. The predicted molar refractivity (Wildman–Crippen MR) is 77.7 cm³/mol. The first kappa shape index (κ1) is 14.3. The molecular formula is C14H13BrN2O3. The van der Waals surface area contributed by atoms with E-state index in [1.165, 1.54) is 12.1 Å². The van der Waals surface area contributed by atoms with Gasteiger partial charge in [-0.3, -0.25) is 4.79 Å². The highest BCUT2D eigenvalue weighted by Crippen LogP contribution is 2.13. The molecule has 2 aromatic rings. The van der Waals surface area contributed by atoms with Crippen molar-refractivity contribution in [1.29, 1.82) is 0 Å². The van der Waals surface area contributed by atoms with Gasteiger partial charge in [0.05, 0.1) is 5.56 Å². The van der Waals surface area contributed by atoms with Crippen molar-refractivity contribution in [3.8, 4) is 0 Å². The fraction of sp³-hybridized carbons (Fsp3) is 0.143. The predicted octanol–water partition coefficient (Wildman–Crippen LogP) is 2.42. The number of halogens is 1. The average Bonchev–Trinajstić information content (AvgIpc) is 2.75. The van der Waals surface area contributed by atoms with Crippen molar-refractivity contribution in [2.75, 3.05) is 0 Å². The van der Waals surface area contributed by atoms with Gasteiger partial charge in [0.25, 0.3) is 5.91 Å². The summed E-state index contributed by atoms with van der Waals surface area (Å²) in [5, 5.41) is 11.6. The Balaban J connectivity index is 2.00. The zero-order chi connectivity index (χ0) is 14.7. The highest BCUT2D eigenvalue weighted by Gasteiger charge is 2.10. The fourth-order valence-electron chi connectivity index (χ4n) is 1.79. The molecule has 0 aliphatic carbocycles. The summed E-state index contributed by atoms with van der Waals surface area (Å²) in [6, 6.07) is 8.14. The maximum atomic E-state index is 12.0. The first-order chi connectivity index (χ1) is 9.47. The average molecular weight is 337 g/mol. The van der Waals surface area contributed by atoms with Crippen molar-refractivity contribution in [3.05, 3.63) is 57.8 Å². The maximum Gasteiger partial charge on any atom is 0.335 e. The lowest BCUT2D eigenvalue weighted by Gasteiger charge is -2.06. The quantitative estimate of drug-likeness (QED) is 0.900. The summed E-state index contributed by atoms with van der Waals surface area (Å²) in [5.74, 6) is -1.14. The minimum atomic E-state index is -0.964. The Morgan fingerprint density at radius 2 is 1.95 bits per heavy atom. The Kier molecular flexibility index (Phi) is 4.24. The SMILES string of the molecule is Cn1cc(Br)cc1C(=O)NCc1ccc(C(=O)O)cc1. The number of nitrogens with zero attached hydrogens (tertiary/aromatic N) is 1. The van der Waals surface area contributed by atoms with Gasteiger partial charge < -0.3 is 15.0 Å². The number of carbonyl (C=O) groups excluding carboxylic acids is 1. The van der Waals surface area contributed by atoms with Gasteiger partial charge in [-0.15, -0.1) is 0 Å². The van der Waals surface area contributed by atoms with Crippen molar-refractivity contribution >= 4 is 27.8 Å². The van der Waals surface area contributed by atoms with E-state index in [1.807, 2.05) is 0 Å². The first-order valence-electron chi connectivity index (χ1n) is 5.89. The molecule has 0 aliphatic heterocycles. The van der Waals surface area contributed by atoms with Crippen LogP contribution in [0.4, 0.5) is 0 Å². The fourth-order valence-corrected chi connectivity index (χ4v) is 2.31. The number of carboxylic acids is 1. The van der Waals surface area contributed by atoms with Crippen LogP contribution in [0, 0.1) is 0 Å². The summed E-state index contributed by atoms with van der Waals surface area (Å²) in [5.41, 5.74) is 1.63. The second kappa shape index (κ2) is 5.92. The van der Waals surface area contributed by atoms with E-state index >= 15 is 0 Å².